The molecule has 1 saturated heterocycles. The van der Waals surface area contributed by atoms with Gasteiger partial charge in [0.15, 0.2) is 11.0 Å². The van der Waals surface area contributed by atoms with E-state index < -0.39 is 10.0 Å². The summed E-state index contributed by atoms with van der Waals surface area (Å²) in [5, 5.41) is 9.51. The van der Waals surface area contributed by atoms with Crippen molar-refractivity contribution in [3.8, 4) is 11.4 Å². The van der Waals surface area contributed by atoms with Gasteiger partial charge in [0, 0.05) is 24.4 Å². The smallest absolute Gasteiger partial charge is 0.243 e. The van der Waals surface area contributed by atoms with Crippen LogP contribution in [0.2, 0.25) is 0 Å². The van der Waals surface area contributed by atoms with Crippen LogP contribution in [0.5, 0.6) is 0 Å². The molecule has 10 heteroatoms. The zero-order valence-electron chi connectivity index (χ0n) is 16.7. The number of furan rings is 1. The molecule has 160 valence electrons. The van der Waals surface area contributed by atoms with Crippen LogP contribution in [-0.2, 0) is 21.3 Å². The first-order valence-electron chi connectivity index (χ1n) is 9.86. The van der Waals surface area contributed by atoms with Gasteiger partial charge in [0.2, 0.25) is 10.0 Å². The first-order chi connectivity index (χ1) is 14.6. The molecule has 8 nitrogen and oxygen atoms in total. The highest BCUT2D eigenvalue weighted by Gasteiger charge is 2.27. The third-order valence-corrected chi connectivity index (χ3v) is 7.81. The first kappa shape index (κ1) is 21.1. The third kappa shape index (κ3) is 4.46. The molecule has 1 aliphatic heterocycles. The summed E-state index contributed by atoms with van der Waals surface area (Å²) in [7, 11) is -3.59. The van der Waals surface area contributed by atoms with Crippen molar-refractivity contribution < 1.29 is 17.6 Å². The van der Waals surface area contributed by atoms with E-state index in [9.17, 15) is 8.42 Å². The van der Waals surface area contributed by atoms with Crippen molar-refractivity contribution in [2.24, 2.45) is 0 Å². The largest absolute Gasteiger partial charge is 0.467 e. The maximum atomic E-state index is 13.1. The van der Waals surface area contributed by atoms with Gasteiger partial charge in [-0.2, -0.15) is 4.31 Å². The Balaban J connectivity index is 1.70. The average molecular weight is 449 g/mol. The summed E-state index contributed by atoms with van der Waals surface area (Å²) >= 11 is 1.62. The summed E-state index contributed by atoms with van der Waals surface area (Å²) < 4.78 is 40.4. The minimum Gasteiger partial charge on any atom is -0.467 e. The van der Waals surface area contributed by atoms with E-state index >= 15 is 0 Å². The van der Waals surface area contributed by atoms with Crippen LogP contribution in [0.1, 0.15) is 19.1 Å². The van der Waals surface area contributed by atoms with Crippen molar-refractivity contribution in [1.82, 2.24) is 19.1 Å². The van der Waals surface area contributed by atoms with Crippen molar-refractivity contribution in [3.05, 3.63) is 48.4 Å². The Morgan fingerprint density at radius 2 is 1.97 bits per heavy atom. The number of ether oxygens (including phenoxy) is 1. The number of rotatable bonds is 8. The van der Waals surface area contributed by atoms with E-state index in [1.54, 1.807) is 36.2 Å². The summed E-state index contributed by atoms with van der Waals surface area (Å²) in [6, 6.07) is 10.6. The van der Waals surface area contributed by atoms with Crippen LogP contribution in [0.25, 0.3) is 11.4 Å². The second kappa shape index (κ2) is 9.34. The molecule has 0 N–H and O–H groups in total. The van der Waals surface area contributed by atoms with E-state index in [0.717, 1.165) is 23.1 Å². The fourth-order valence-corrected chi connectivity index (χ4v) is 5.48. The summed E-state index contributed by atoms with van der Waals surface area (Å²) in [4.78, 5) is 0.247. The second-order valence-electron chi connectivity index (χ2n) is 6.86. The van der Waals surface area contributed by atoms with Crippen LogP contribution in [0.3, 0.4) is 0 Å². The lowest BCUT2D eigenvalue weighted by atomic mass is 10.2. The zero-order valence-corrected chi connectivity index (χ0v) is 18.4. The third-order valence-electron chi connectivity index (χ3n) is 4.75. The molecule has 30 heavy (non-hydrogen) atoms. The highest BCUT2D eigenvalue weighted by atomic mass is 32.2. The fraction of sp³-hybridized carbons (Fsp3) is 0.400. The fourth-order valence-electron chi connectivity index (χ4n) is 3.23. The Bertz CT molecular complexity index is 1070. The molecule has 3 aromatic rings. The maximum Gasteiger partial charge on any atom is 0.243 e. The number of benzene rings is 1. The lowest BCUT2D eigenvalue weighted by Gasteiger charge is -2.26. The van der Waals surface area contributed by atoms with Gasteiger partial charge in [-0.05, 0) is 30.7 Å². The Kier molecular flexibility index (Phi) is 6.57. The van der Waals surface area contributed by atoms with Gasteiger partial charge >= 0.3 is 0 Å². The molecule has 0 saturated carbocycles. The topological polar surface area (TPSA) is 90.5 Å². The molecule has 1 aliphatic rings. The second-order valence-corrected chi connectivity index (χ2v) is 9.86. The molecule has 2 aromatic heterocycles. The van der Waals surface area contributed by atoms with E-state index in [-0.39, 0.29) is 4.90 Å². The quantitative estimate of drug-likeness (QED) is 0.489. The number of thioether (sulfide) groups is 1. The van der Waals surface area contributed by atoms with Gasteiger partial charge in [-0.15, -0.1) is 10.2 Å². The molecule has 0 amide bonds. The van der Waals surface area contributed by atoms with Crippen LogP contribution >= 0.6 is 11.8 Å². The Morgan fingerprint density at radius 1 is 1.13 bits per heavy atom. The molecule has 0 unspecified atom stereocenters. The normalized spacial score (nSPS) is 15.5. The van der Waals surface area contributed by atoms with Crippen LogP contribution in [0, 0.1) is 0 Å². The Labute approximate surface area is 180 Å². The monoisotopic (exact) mass is 448 g/mol. The van der Waals surface area contributed by atoms with Gasteiger partial charge in [0.1, 0.15) is 5.76 Å². The van der Waals surface area contributed by atoms with Crippen LogP contribution in [-0.4, -0.2) is 59.5 Å². The molecular formula is C20H24N4O4S2. The van der Waals surface area contributed by atoms with Crippen molar-refractivity contribution in [1.29, 1.82) is 0 Å². The zero-order chi connectivity index (χ0) is 21.0. The summed E-state index contributed by atoms with van der Waals surface area (Å²) in [6.45, 7) is 4.13. The van der Waals surface area contributed by atoms with Crippen molar-refractivity contribution in [2.45, 2.75) is 29.9 Å². The van der Waals surface area contributed by atoms with Gasteiger partial charge in [0.25, 0.3) is 0 Å². The van der Waals surface area contributed by atoms with E-state index in [0.29, 0.717) is 44.2 Å². The predicted octanol–water partition coefficient (Wildman–Crippen LogP) is 3.11. The summed E-state index contributed by atoms with van der Waals surface area (Å²) in [6.07, 6.45) is 2.65. The van der Waals surface area contributed by atoms with Gasteiger partial charge in [-0.1, -0.05) is 30.8 Å². The highest BCUT2D eigenvalue weighted by Crippen LogP contribution is 2.28. The number of hydrogen-bond donors (Lipinski definition) is 0. The molecule has 1 fully saturated rings. The van der Waals surface area contributed by atoms with Gasteiger partial charge < -0.3 is 9.15 Å². The van der Waals surface area contributed by atoms with Gasteiger partial charge in [0.05, 0.1) is 30.9 Å². The molecule has 3 heterocycles. The van der Waals surface area contributed by atoms with E-state index in [1.165, 1.54) is 4.31 Å². The standard InChI is InChI=1S/C20H24N4O4S2/c1-2-13-29-20-22-21-19(24(20)15-17-6-4-10-28-17)16-5-3-7-18(14-16)30(25,26)23-8-11-27-12-9-23/h3-7,10,14H,2,8-9,11-13,15H2,1H3. The molecule has 0 bridgehead atoms. The molecule has 0 spiro atoms. The van der Waals surface area contributed by atoms with Crippen LogP contribution in [0.4, 0.5) is 0 Å². The minimum absolute atomic E-state index is 0.247. The Morgan fingerprint density at radius 3 is 2.70 bits per heavy atom. The number of nitrogens with zero attached hydrogens (tertiary/aromatic N) is 4. The minimum atomic E-state index is -3.59. The lowest BCUT2D eigenvalue weighted by molar-refractivity contribution is 0.0730. The SMILES string of the molecule is CCCSc1nnc(-c2cccc(S(=O)(=O)N3CCOCC3)c2)n1Cc1ccco1. The van der Waals surface area contributed by atoms with Crippen LogP contribution in [0.15, 0.2) is 57.1 Å². The molecule has 0 radical (unpaired) electrons. The van der Waals surface area contributed by atoms with Gasteiger partial charge in [-0.25, -0.2) is 8.42 Å². The highest BCUT2D eigenvalue weighted by molar-refractivity contribution is 7.99. The van der Waals surface area contributed by atoms with E-state index in [1.807, 2.05) is 22.8 Å². The van der Waals surface area contributed by atoms with E-state index in [4.69, 9.17) is 9.15 Å². The van der Waals surface area contributed by atoms with Crippen molar-refractivity contribution >= 4 is 21.8 Å². The van der Waals surface area contributed by atoms with E-state index in [2.05, 4.69) is 17.1 Å². The number of sulfonamides is 1. The summed E-state index contributed by atoms with van der Waals surface area (Å²) in [5.41, 5.74) is 0.701. The lowest BCUT2D eigenvalue weighted by Crippen LogP contribution is -2.40. The van der Waals surface area contributed by atoms with Crippen LogP contribution < -0.4 is 0 Å². The maximum absolute atomic E-state index is 13.1. The molecule has 4 rings (SSSR count). The van der Waals surface area contributed by atoms with Crippen molar-refractivity contribution in [3.63, 3.8) is 0 Å². The molecule has 0 aliphatic carbocycles. The predicted molar refractivity (Wildman–Crippen MR) is 114 cm³/mol. The Hall–Kier alpha value is -2.14. The molecular weight excluding hydrogens is 424 g/mol. The van der Waals surface area contributed by atoms with Gasteiger partial charge in [-0.3, -0.25) is 4.57 Å². The number of aromatic nitrogens is 3. The number of hydrogen-bond acceptors (Lipinski definition) is 7. The molecule has 1 aromatic carbocycles. The molecule has 0 atom stereocenters. The first-order valence-corrected chi connectivity index (χ1v) is 12.3. The summed E-state index contributed by atoms with van der Waals surface area (Å²) in [5.74, 6) is 2.32. The number of morpholine rings is 1. The average Bonchev–Trinajstić information content (AvgIpc) is 3.43. The van der Waals surface area contributed by atoms with Crippen molar-refractivity contribution in [2.75, 3.05) is 32.1 Å².